The monoisotopic (exact) mass is 370 g/mol. The molecule has 0 radical (unpaired) electrons. The van der Waals surface area contributed by atoms with Gasteiger partial charge in [-0.25, -0.2) is 4.79 Å². The van der Waals surface area contributed by atoms with E-state index >= 15 is 0 Å². The van der Waals surface area contributed by atoms with Crippen molar-refractivity contribution < 1.29 is 9.90 Å². The molecule has 2 nitrogen and oxygen atoms in total. The van der Waals surface area contributed by atoms with Crippen LogP contribution < -0.4 is 0 Å². The molecule has 1 N–H and O–H groups in total. The molecule has 0 spiro atoms. The van der Waals surface area contributed by atoms with Gasteiger partial charge >= 0.3 is 5.97 Å². The number of rotatable bonds is 12. The van der Waals surface area contributed by atoms with Crippen LogP contribution in [0, 0.1) is 0 Å². The van der Waals surface area contributed by atoms with Gasteiger partial charge in [-0.3, -0.25) is 0 Å². The second-order valence-corrected chi connectivity index (χ2v) is 7.60. The Kier molecular flexibility index (Phi) is 13.9. The van der Waals surface area contributed by atoms with Crippen LogP contribution in [0.1, 0.15) is 80.1 Å². The van der Waals surface area contributed by atoms with Crippen LogP contribution in [0.4, 0.5) is 0 Å². The van der Waals surface area contributed by atoms with Crippen molar-refractivity contribution in [3.8, 4) is 0 Å². The van der Waals surface area contributed by atoms with Crippen molar-refractivity contribution in [2.75, 3.05) is 0 Å². The minimum absolute atomic E-state index is 0.742. The van der Waals surface area contributed by atoms with Gasteiger partial charge in [-0.15, -0.1) is 0 Å². The van der Waals surface area contributed by atoms with Crippen molar-refractivity contribution in [1.82, 2.24) is 0 Å². The molecule has 0 atom stereocenters. The van der Waals surface area contributed by atoms with Crippen LogP contribution in [0.2, 0.25) is 0 Å². The number of carboxylic acid groups (broad SMARTS) is 1. The molecule has 150 valence electrons. The standard InChI is InChI=1S/C25H38O2/c1-20(2)11-7-12-21(3)13-8-14-22(4)15-9-16-23(5)17-10-18-24(6)19-25(26)27/h10-11,13,15,17-19H,7-9,12,14,16H2,1-6H3,(H,26,27). The van der Waals surface area contributed by atoms with Crippen LogP contribution in [-0.4, -0.2) is 11.1 Å². The van der Waals surface area contributed by atoms with Crippen LogP contribution in [0.5, 0.6) is 0 Å². The number of hydrogen-bond acceptors (Lipinski definition) is 1. The minimum Gasteiger partial charge on any atom is -0.478 e. The predicted octanol–water partition coefficient (Wildman–Crippen LogP) is 7.72. The van der Waals surface area contributed by atoms with Gasteiger partial charge in [0.1, 0.15) is 0 Å². The van der Waals surface area contributed by atoms with E-state index in [0.29, 0.717) is 0 Å². The maximum Gasteiger partial charge on any atom is 0.328 e. The molecule has 0 saturated heterocycles. The third-order valence-electron chi connectivity index (χ3n) is 4.25. The molecule has 0 aliphatic carbocycles. The molecule has 0 aliphatic heterocycles. The molecule has 27 heavy (non-hydrogen) atoms. The fraction of sp³-hybridized carbons (Fsp3) is 0.480. The summed E-state index contributed by atoms with van der Waals surface area (Å²) >= 11 is 0. The Morgan fingerprint density at radius 1 is 0.741 bits per heavy atom. The molecule has 0 bridgehead atoms. The van der Waals surface area contributed by atoms with Crippen molar-refractivity contribution in [2.24, 2.45) is 0 Å². The zero-order chi connectivity index (χ0) is 20.7. The van der Waals surface area contributed by atoms with E-state index in [1.807, 2.05) is 12.2 Å². The smallest absolute Gasteiger partial charge is 0.328 e. The summed E-state index contributed by atoms with van der Waals surface area (Å²) in [7, 11) is 0. The van der Waals surface area contributed by atoms with Crippen molar-refractivity contribution in [2.45, 2.75) is 80.1 Å². The summed E-state index contributed by atoms with van der Waals surface area (Å²) in [5, 5.41) is 8.67. The molecule has 0 fully saturated rings. The van der Waals surface area contributed by atoms with E-state index in [4.69, 9.17) is 5.11 Å². The number of hydrogen-bond donors (Lipinski definition) is 1. The zero-order valence-corrected chi connectivity index (χ0v) is 18.1. The van der Waals surface area contributed by atoms with E-state index < -0.39 is 5.97 Å². The van der Waals surface area contributed by atoms with Crippen LogP contribution in [0.15, 0.2) is 70.4 Å². The van der Waals surface area contributed by atoms with Gasteiger partial charge in [-0.05, 0) is 85.6 Å². The first-order valence-electron chi connectivity index (χ1n) is 9.90. The highest BCUT2D eigenvalue weighted by atomic mass is 16.4. The SMILES string of the molecule is CC(C)=CCCC(C)=CCCC(C)=CCCC(C)=CC=CC(C)=CC(=O)O. The summed E-state index contributed by atoms with van der Waals surface area (Å²) < 4.78 is 0. The van der Waals surface area contributed by atoms with E-state index in [0.717, 1.165) is 44.1 Å². The summed E-state index contributed by atoms with van der Waals surface area (Å²) in [5.74, 6) is -0.906. The van der Waals surface area contributed by atoms with E-state index in [1.54, 1.807) is 6.92 Å². The van der Waals surface area contributed by atoms with Gasteiger partial charge in [0.05, 0.1) is 0 Å². The van der Waals surface area contributed by atoms with E-state index in [-0.39, 0.29) is 0 Å². The van der Waals surface area contributed by atoms with Gasteiger partial charge in [-0.1, -0.05) is 58.7 Å². The Hall–Kier alpha value is -2.09. The second-order valence-electron chi connectivity index (χ2n) is 7.60. The topological polar surface area (TPSA) is 37.3 Å². The van der Waals surface area contributed by atoms with Crippen molar-refractivity contribution >= 4 is 5.97 Å². The molecule has 0 saturated carbocycles. The van der Waals surface area contributed by atoms with Crippen LogP contribution >= 0.6 is 0 Å². The molecule has 0 aromatic rings. The van der Waals surface area contributed by atoms with Crippen molar-refractivity contribution in [3.05, 3.63) is 70.4 Å². The van der Waals surface area contributed by atoms with Crippen LogP contribution in [-0.2, 0) is 4.79 Å². The summed E-state index contributed by atoms with van der Waals surface area (Å²) in [5.41, 5.74) is 6.37. The van der Waals surface area contributed by atoms with Gasteiger partial charge < -0.3 is 5.11 Å². The first kappa shape index (κ1) is 24.9. The van der Waals surface area contributed by atoms with Gasteiger partial charge in [0, 0.05) is 6.08 Å². The van der Waals surface area contributed by atoms with Gasteiger partial charge in [0.2, 0.25) is 0 Å². The lowest BCUT2D eigenvalue weighted by atomic mass is 10.0. The molecule has 0 unspecified atom stereocenters. The van der Waals surface area contributed by atoms with Crippen LogP contribution in [0.3, 0.4) is 0 Å². The lowest BCUT2D eigenvalue weighted by Crippen LogP contribution is -1.87. The highest BCUT2D eigenvalue weighted by Crippen LogP contribution is 2.13. The first-order valence-corrected chi connectivity index (χ1v) is 9.90. The average molecular weight is 371 g/mol. The predicted molar refractivity (Wildman–Crippen MR) is 119 cm³/mol. The quantitative estimate of drug-likeness (QED) is 0.217. The summed E-state index contributed by atoms with van der Waals surface area (Å²) in [6.45, 7) is 12.6. The maximum absolute atomic E-state index is 10.6. The Labute approximate surface area is 166 Å². The molecule has 0 rings (SSSR count). The second kappa shape index (κ2) is 15.0. The third-order valence-corrected chi connectivity index (χ3v) is 4.25. The summed E-state index contributed by atoms with van der Waals surface area (Å²) in [6.07, 6.45) is 20.7. The summed E-state index contributed by atoms with van der Waals surface area (Å²) in [6, 6.07) is 0. The summed E-state index contributed by atoms with van der Waals surface area (Å²) in [4.78, 5) is 10.6. The first-order chi connectivity index (χ1) is 12.7. The molecule has 2 heteroatoms. The minimum atomic E-state index is -0.906. The molecule has 0 aliphatic rings. The molecular weight excluding hydrogens is 332 g/mol. The highest BCUT2D eigenvalue weighted by molar-refractivity contribution is 5.81. The highest BCUT2D eigenvalue weighted by Gasteiger charge is 1.93. The van der Waals surface area contributed by atoms with Gasteiger partial charge in [0.25, 0.3) is 0 Å². The fourth-order valence-corrected chi connectivity index (χ4v) is 2.58. The molecule has 0 aromatic heterocycles. The molecule has 0 amide bonds. The Bertz CT molecular complexity index is 633. The van der Waals surface area contributed by atoms with Gasteiger partial charge in [0.15, 0.2) is 0 Å². The maximum atomic E-state index is 10.6. The Balaban J connectivity index is 4.20. The largest absolute Gasteiger partial charge is 0.478 e. The van der Waals surface area contributed by atoms with Gasteiger partial charge in [-0.2, -0.15) is 0 Å². The van der Waals surface area contributed by atoms with Crippen LogP contribution in [0.25, 0.3) is 0 Å². The lowest BCUT2D eigenvalue weighted by Gasteiger charge is -2.02. The number of carboxylic acids is 1. The lowest BCUT2D eigenvalue weighted by molar-refractivity contribution is -0.131. The van der Waals surface area contributed by atoms with E-state index in [2.05, 4.69) is 58.9 Å². The molecular formula is C25H38O2. The van der Waals surface area contributed by atoms with E-state index in [1.165, 1.54) is 28.4 Å². The molecule has 0 aromatic carbocycles. The average Bonchev–Trinajstić information content (AvgIpc) is 2.53. The van der Waals surface area contributed by atoms with E-state index in [9.17, 15) is 4.79 Å². The Morgan fingerprint density at radius 3 is 1.70 bits per heavy atom. The number of aliphatic carboxylic acids is 1. The number of carbonyl (C=O) groups is 1. The van der Waals surface area contributed by atoms with Crippen molar-refractivity contribution in [1.29, 1.82) is 0 Å². The number of allylic oxidation sites excluding steroid dienone is 11. The fourth-order valence-electron chi connectivity index (χ4n) is 2.58. The zero-order valence-electron chi connectivity index (χ0n) is 18.1. The normalized spacial score (nSPS) is 14.0. The molecule has 0 heterocycles. The third kappa shape index (κ3) is 17.1. The Morgan fingerprint density at radius 2 is 1.22 bits per heavy atom. The van der Waals surface area contributed by atoms with Crippen molar-refractivity contribution in [3.63, 3.8) is 0 Å².